The van der Waals surface area contributed by atoms with Crippen LogP contribution in [0.2, 0.25) is 0 Å². The molecule has 1 N–H and O–H groups in total. The minimum Gasteiger partial charge on any atom is -0.381 e. The molecule has 2 aliphatic heterocycles. The lowest BCUT2D eigenvalue weighted by atomic mass is 9.86. The van der Waals surface area contributed by atoms with E-state index >= 15 is 0 Å². The minimum absolute atomic E-state index is 0.196. The van der Waals surface area contributed by atoms with Gasteiger partial charge in [0.15, 0.2) is 0 Å². The second-order valence-electron chi connectivity index (χ2n) is 5.77. The van der Waals surface area contributed by atoms with E-state index in [2.05, 4.69) is 10.2 Å². The Balaban J connectivity index is 1.88. The summed E-state index contributed by atoms with van der Waals surface area (Å²) in [5, 5.41) is 3.26. The van der Waals surface area contributed by atoms with Gasteiger partial charge >= 0.3 is 0 Å². The van der Waals surface area contributed by atoms with E-state index in [0.717, 1.165) is 45.8 Å². The van der Waals surface area contributed by atoms with E-state index in [1.807, 2.05) is 7.05 Å². The Bertz CT molecular complexity index is 385. The summed E-state index contributed by atoms with van der Waals surface area (Å²) < 4.78 is 30.1. The number of hydrogen-bond acceptors (Lipinski definition) is 5. The zero-order valence-electron chi connectivity index (χ0n) is 11.9. The largest absolute Gasteiger partial charge is 0.381 e. The third-order valence-electron chi connectivity index (χ3n) is 4.10. The van der Waals surface area contributed by atoms with E-state index in [-0.39, 0.29) is 5.41 Å². The fourth-order valence-corrected chi connectivity index (χ4v) is 3.86. The normalized spacial score (nSPS) is 30.8. The Morgan fingerprint density at radius 3 is 2.42 bits per heavy atom. The third-order valence-corrected chi connectivity index (χ3v) is 5.40. The summed E-state index contributed by atoms with van der Waals surface area (Å²) in [4.78, 5) is 2.37. The summed E-state index contributed by atoms with van der Waals surface area (Å²) in [6.07, 6.45) is 2.37. The Kier molecular flexibility index (Phi) is 4.84. The lowest BCUT2D eigenvalue weighted by molar-refractivity contribution is 0.0910. The molecule has 1 atom stereocenters. The van der Waals surface area contributed by atoms with Crippen molar-refractivity contribution in [3.63, 3.8) is 0 Å². The Morgan fingerprint density at radius 1 is 1.26 bits per heavy atom. The van der Waals surface area contributed by atoms with Crippen LogP contribution in [-0.4, -0.2) is 83.4 Å². The van der Waals surface area contributed by atoms with Crippen LogP contribution in [-0.2, 0) is 14.8 Å². The van der Waals surface area contributed by atoms with Gasteiger partial charge in [-0.3, -0.25) is 0 Å². The molecule has 2 heterocycles. The van der Waals surface area contributed by atoms with Crippen LogP contribution >= 0.6 is 0 Å². The van der Waals surface area contributed by atoms with Gasteiger partial charge in [0.1, 0.15) is 0 Å². The third kappa shape index (κ3) is 3.88. The average molecular weight is 291 g/mol. The van der Waals surface area contributed by atoms with E-state index in [9.17, 15) is 8.42 Å². The fraction of sp³-hybridized carbons (Fsp3) is 1.00. The number of nitrogens with one attached hydrogen (secondary N) is 1. The predicted octanol–water partition coefficient (Wildman–Crippen LogP) is -0.810. The predicted molar refractivity (Wildman–Crippen MR) is 74.7 cm³/mol. The van der Waals surface area contributed by atoms with Crippen LogP contribution in [0.4, 0.5) is 0 Å². The van der Waals surface area contributed by atoms with Crippen molar-refractivity contribution in [1.29, 1.82) is 0 Å². The molecule has 6 nitrogen and oxygen atoms in total. The number of ether oxygens (including phenoxy) is 1. The van der Waals surface area contributed by atoms with Crippen LogP contribution < -0.4 is 5.32 Å². The van der Waals surface area contributed by atoms with E-state index in [1.165, 1.54) is 6.26 Å². The maximum atomic E-state index is 11.5. The van der Waals surface area contributed by atoms with Crippen molar-refractivity contribution in [2.45, 2.75) is 6.42 Å². The highest BCUT2D eigenvalue weighted by Crippen LogP contribution is 2.29. The van der Waals surface area contributed by atoms with Gasteiger partial charge in [-0.25, -0.2) is 8.42 Å². The van der Waals surface area contributed by atoms with Crippen molar-refractivity contribution in [1.82, 2.24) is 14.5 Å². The van der Waals surface area contributed by atoms with Crippen LogP contribution in [0.15, 0.2) is 0 Å². The van der Waals surface area contributed by atoms with Crippen molar-refractivity contribution in [3.05, 3.63) is 0 Å². The number of piperazine rings is 1. The lowest BCUT2D eigenvalue weighted by Gasteiger charge is -2.38. The number of hydrogen-bond donors (Lipinski definition) is 1. The Hall–Kier alpha value is -0.210. The molecular weight excluding hydrogens is 266 g/mol. The molecule has 2 rings (SSSR count). The van der Waals surface area contributed by atoms with Gasteiger partial charge in [-0.15, -0.1) is 0 Å². The number of nitrogens with zero attached hydrogens (tertiary/aromatic N) is 2. The summed E-state index contributed by atoms with van der Waals surface area (Å²) in [6.45, 7) is 6.44. The maximum absolute atomic E-state index is 11.5. The first-order valence-electron chi connectivity index (χ1n) is 6.85. The summed E-state index contributed by atoms with van der Waals surface area (Å²) in [5.41, 5.74) is 0.196. The molecule has 0 aromatic heterocycles. The molecule has 7 heteroatoms. The van der Waals surface area contributed by atoms with Gasteiger partial charge in [0.25, 0.3) is 0 Å². The number of rotatable bonds is 5. The topological polar surface area (TPSA) is 61.9 Å². The zero-order chi connectivity index (χ0) is 13.9. The summed E-state index contributed by atoms with van der Waals surface area (Å²) >= 11 is 0. The van der Waals surface area contributed by atoms with Crippen molar-refractivity contribution in [2.24, 2.45) is 5.41 Å². The molecule has 0 aliphatic carbocycles. The minimum atomic E-state index is -3.03. The lowest BCUT2D eigenvalue weighted by Crippen LogP contribution is -2.52. The maximum Gasteiger partial charge on any atom is 0.211 e. The van der Waals surface area contributed by atoms with E-state index in [0.29, 0.717) is 13.1 Å². The number of sulfonamides is 1. The molecule has 112 valence electrons. The fourth-order valence-electron chi connectivity index (χ4n) is 3.04. The first kappa shape index (κ1) is 15.2. The SMILES string of the molecule is CNCC1(CN2CCN(S(C)(=O)=O)CC2)CCOC1. The molecule has 0 aromatic rings. The average Bonchev–Trinajstić information content (AvgIpc) is 2.77. The molecule has 0 spiro atoms. The molecule has 0 saturated carbocycles. The van der Waals surface area contributed by atoms with Gasteiger partial charge in [-0.1, -0.05) is 0 Å². The molecule has 1 unspecified atom stereocenters. The summed E-state index contributed by atoms with van der Waals surface area (Å²) in [7, 11) is -1.06. The van der Waals surface area contributed by atoms with Crippen LogP contribution in [0, 0.1) is 5.41 Å². The zero-order valence-corrected chi connectivity index (χ0v) is 12.7. The highest BCUT2D eigenvalue weighted by molar-refractivity contribution is 7.88. The molecule has 0 bridgehead atoms. The van der Waals surface area contributed by atoms with E-state index in [1.54, 1.807) is 4.31 Å². The van der Waals surface area contributed by atoms with Crippen molar-refractivity contribution in [2.75, 3.05) is 65.8 Å². The van der Waals surface area contributed by atoms with Gasteiger partial charge in [0.05, 0.1) is 12.9 Å². The second kappa shape index (κ2) is 6.05. The van der Waals surface area contributed by atoms with Crippen LogP contribution in [0.25, 0.3) is 0 Å². The molecule has 0 aromatic carbocycles. The molecular formula is C12H25N3O3S. The highest BCUT2D eigenvalue weighted by atomic mass is 32.2. The standard InChI is InChI=1S/C12H25N3O3S/c1-13-9-12(3-8-18-11-12)10-14-4-6-15(7-5-14)19(2,16)17/h13H,3-11H2,1-2H3. The smallest absolute Gasteiger partial charge is 0.211 e. The molecule has 2 saturated heterocycles. The van der Waals surface area contributed by atoms with Crippen LogP contribution in [0.3, 0.4) is 0 Å². The summed E-state index contributed by atoms with van der Waals surface area (Å²) in [5.74, 6) is 0. The molecule has 2 fully saturated rings. The Labute approximate surface area is 116 Å². The van der Waals surface area contributed by atoms with Crippen LogP contribution in [0.1, 0.15) is 6.42 Å². The second-order valence-corrected chi connectivity index (χ2v) is 7.75. The summed E-state index contributed by atoms with van der Waals surface area (Å²) in [6, 6.07) is 0. The van der Waals surface area contributed by atoms with Crippen molar-refractivity contribution in [3.8, 4) is 0 Å². The van der Waals surface area contributed by atoms with Crippen LogP contribution in [0.5, 0.6) is 0 Å². The van der Waals surface area contributed by atoms with Gasteiger partial charge in [-0.2, -0.15) is 4.31 Å². The molecule has 19 heavy (non-hydrogen) atoms. The van der Waals surface area contributed by atoms with E-state index < -0.39 is 10.0 Å². The van der Waals surface area contributed by atoms with Gasteiger partial charge in [0, 0.05) is 51.3 Å². The first-order valence-corrected chi connectivity index (χ1v) is 8.70. The van der Waals surface area contributed by atoms with E-state index in [4.69, 9.17) is 4.74 Å². The monoisotopic (exact) mass is 291 g/mol. The first-order chi connectivity index (χ1) is 8.95. The van der Waals surface area contributed by atoms with Gasteiger partial charge in [-0.05, 0) is 13.5 Å². The van der Waals surface area contributed by atoms with Gasteiger partial charge < -0.3 is 15.0 Å². The van der Waals surface area contributed by atoms with Gasteiger partial charge in [0.2, 0.25) is 10.0 Å². The van der Waals surface area contributed by atoms with Crippen molar-refractivity contribution < 1.29 is 13.2 Å². The quantitative estimate of drug-likeness (QED) is 0.718. The Morgan fingerprint density at radius 2 is 1.95 bits per heavy atom. The molecule has 2 aliphatic rings. The highest BCUT2D eigenvalue weighted by Gasteiger charge is 2.37. The molecule has 0 amide bonds. The van der Waals surface area contributed by atoms with Crippen molar-refractivity contribution >= 4 is 10.0 Å². The molecule has 0 radical (unpaired) electrons.